The number of carbonyl (C=O) groups excluding carboxylic acids is 1. The molecular formula is C15H20ClNO3. The summed E-state index contributed by atoms with van der Waals surface area (Å²) in [7, 11) is 1.63. The summed E-state index contributed by atoms with van der Waals surface area (Å²) in [5, 5.41) is 9.30. The minimum atomic E-state index is -0.905. The van der Waals surface area contributed by atoms with Gasteiger partial charge in [0.15, 0.2) is 0 Å². The van der Waals surface area contributed by atoms with Crippen LogP contribution in [-0.4, -0.2) is 35.5 Å². The Labute approximate surface area is 124 Å². The second-order valence-corrected chi connectivity index (χ2v) is 6.00. The molecule has 20 heavy (non-hydrogen) atoms. The number of hydrogen-bond acceptors (Lipinski definition) is 2. The lowest BCUT2D eigenvalue weighted by molar-refractivity contribution is -0.141. The normalized spacial score (nSPS) is 11.2. The van der Waals surface area contributed by atoms with Gasteiger partial charge in [-0.05, 0) is 24.1 Å². The summed E-state index contributed by atoms with van der Waals surface area (Å²) in [4.78, 5) is 24.4. The van der Waals surface area contributed by atoms with Gasteiger partial charge in [-0.25, -0.2) is 0 Å². The number of amides is 1. The zero-order valence-corrected chi connectivity index (χ0v) is 12.8. The molecule has 0 aliphatic carbocycles. The third-order valence-electron chi connectivity index (χ3n) is 3.12. The molecule has 4 nitrogen and oxygen atoms in total. The molecule has 0 radical (unpaired) electrons. The Balaban J connectivity index is 2.71. The van der Waals surface area contributed by atoms with Crippen LogP contribution >= 0.6 is 11.6 Å². The zero-order chi connectivity index (χ0) is 15.3. The van der Waals surface area contributed by atoms with Gasteiger partial charge in [0.05, 0.1) is 6.42 Å². The second kappa shape index (κ2) is 6.75. The maximum atomic E-state index is 12.4. The van der Waals surface area contributed by atoms with Gasteiger partial charge >= 0.3 is 5.97 Å². The summed E-state index contributed by atoms with van der Waals surface area (Å²) in [6.45, 7) is 3.92. The number of carbonyl (C=O) groups is 2. The first-order valence-corrected chi connectivity index (χ1v) is 6.82. The van der Waals surface area contributed by atoms with E-state index in [9.17, 15) is 9.59 Å². The molecule has 0 atom stereocenters. The van der Waals surface area contributed by atoms with Crippen molar-refractivity contribution in [1.82, 2.24) is 4.90 Å². The lowest BCUT2D eigenvalue weighted by Crippen LogP contribution is -2.40. The molecule has 0 saturated heterocycles. The molecule has 0 aromatic heterocycles. The predicted molar refractivity (Wildman–Crippen MR) is 78.8 cm³/mol. The van der Waals surface area contributed by atoms with Crippen molar-refractivity contribution in [3.05, 3.63) is 34.9 Å². The summed E-state index contributed by atoms with van der Waals surface area (Å²) in [5.74, 6) is -0.976. The average Bonchev–Trinajstić information content (AvgIpc) is 2.34. The molecular weight excluding hydrogens is 278 g/mol. The molecule has 0 spiro atoms. The number of carboxylic acid groups (broad SMARTS) is 1. The summed E-state index contributed by atoms with van der Waals surface area (Å²) in [5.41, 5.74) is 0.389. The average molecular weight is 298 g/mol. The van der Waals surface area contributed by atoms with Gasteiger partial charge in [0.25, 0.3) is 0 Å². The number of aliphatic carboxylic acids is 1. The van der Waals surface area contributed by atoms with Gasteiger partial charge in [-0.1, -0.05) is 37.6 Å². The van der Waals surface area contributed by atoms with Gasteiger partial charge in [-0.3, -0.25) is 9.59 Å². The molecule has 5 heteroatoms. The lowest BCUT2D eigenvalue weighted by Gasteiger charge is -2.29. The van der Waals surface area contributed by atoms with Crippen molar-refractivity contribution in [2.75, 3.05) is 13.6 Å². The predicted octanol–water partition coefficient (Wildman–Crippen LogP) is 2.84. The minimum Gasteiger partial charge on any atom is -0.481 e. The van der Waals surface area contributed by atoms with Crippen molar-refractivity contribution in [3.63, 3.8) is 0 Å². The van der Waals surface area contributed by atoms with Crippen LogP contribution in [0.1, 0.15) is 25.8 Å². The molecule has 0 aliphatic heterocycles. The maximum Gasteiger partial charge on any atom is 0.305 e. The molecule has 0 fully saturated rings. The van der Waals surface area contributed by atoms with Crippen LogP contribution in [0.25, 0.3) is 0 Å². The van der Waals surface area contributed by atoms with Crippen molar-refractivity contribution in [3.8, 4) is 0 Å². The third kappa shape index (κ3) is 4.85. The minimum absolute atomic E-state index is 0.0461. The summed E-state index contributed by atoms with van der Waals surface area (Å²) in [6, 6.07) is 7.41. The Hall–Kier alpha value is -1.55. The maximum absolute atomic E-state index is 12.4. The van der Waals surface area contributed by atoms with E-state index < -0.39 is 11.4 Å². The number of halogens is 1. The van der Waals surface area contributed by atoms with E-state index in [0.717, 1.165) is 5.56 Å². The van der Waals surface area contributed by atoms with Crippen molar-refractivity contribution < 1.29 is 14.7 Å². The third-order valence-corrected chi connectivity index (χ3v) is 3.36. The van der Waals surface area contributed by atoms with E-state index in [-0.39, 0.29) is 18.9 Å². The van der Waals surface area contributed by atoms with Crippen LogP contribution in [0, 0.1) is 5.41 Å². The van der Waals surface area contributed by atoms with Gasteiger partial charge in [0.1, 0.15) is 0 Å². The molecule has 1 amide bonds. The van der Waals surface area contributed by atoms with Crippen LogP contribution in [-0.2, 0) is 16.0 Å². The van der Waals surface area contributed by atoms with Crippen molar-refractivity contribution in [2.45, 2.75) is 26.7 Å². The number of hydrogen-bond donors (Lipinski definition) is 1. The molecule has 0 bridgehead atoms. The molecule has 0 unspecified atom stereocenters. The topological polar surface area (TPSA) is 57.6 Å². The van der Waals surface area contributed by atoms with Gasteiger partial charge in [0, 0.05) is 24.0 Å². The van der Waals surface area contributed by atoms with E-state index >= 15 is 0 Å². The summed E-state index contributed by atoms with van der Waals surface area (Å²) < 4.78 is 0. The van der Waals surface area contributed by atoms with Gasteiger partial charge in [-0.15, -0.1) is 0 Å². The number of nitrogens with zero attached hydrogens (tertiary/aromatic N) is 1. The second-order valence-electron chi connectivity index (χ2n) is 5.56. The highest BCUT2D eigenvalue weighted by atomic mass is 35.5. The fourth-order valence-corrected chi connectivity index (χ4v) is 2.33. The molecule has 110 valence electrons. The van der Waals surface area contributed by atoms with E-state index in [1.54, 1.807) is 13.1 Å². The first-order valence-electron chi connectivity index (χ1n) is 6.44. The summed E-state index contributed by atoms with van der Waals surface area (Å²) >= 11 is 5.94. The number of carboxylic acids is 1. The molecule has 0 saturated carbocycles. The molecule has 1 aromatic rings. The molecule has 0 heterocycles. The highest BCUT2D eigenvalue weighted by Crippen LogP contribution is 2.25. The van der Waals surface area contributed by atoms with Crippen LogP contribution in [0.15, 0.2) is 24.3 Å². The highest BCUT2D eigenvalue weighted by molar-refractivity contribution is 6.30. The zero-order valence-electron chi connectivity index (χ0n) is 12.0. The Morgan fingerprint density at radius 3 is 2.55 bits per heavy atom. The SMILES string of the molecule is CN(CCC(=O)O)C(=O)C(C)(C)Cc1cccc(Cl)c1. The van der Waals surface area contributed by atoms with E-state index in [1.165, 1.54) is 4.90 Å². The lowest BCUT2D eigenvalue weighted by atomic mass is 9.84. The Bertz CT molecular complexity index is 500. The molecule has 1 rings (SSSR count). The van der Waals surface area contributed by atoms with Gasteiger partial charge < -0.3 is 10.0 Å². The smallest absolute Gasteiger partial charge is 0.305 e. The highest BCUT2D eigenvalue weighted by Gasteiger charge is 2.30. The monoisotopic (exact) mass is 297 g/mol. The van der Waals surface area contributed by atoms with Crippen molar-refractivity contribution in [1.29, 1.82) is 0 Å². The first kappa shape index (κ1) is 16.5. The van der Waals surface area contributed by atoms with Crippen molar-refractivity contribution in [2.24, 2.45) is 5.41 Å². The molecule has 1 aromatic carbocycles. The van der Waals surface area contributed by atoms with Crippen LogP contribution in [0.4, 0.5) is 0 Å². The van der Waals surface area contributed by atoms with E-state index in [1.807, 2.05) is 32.0 Å². The quantitative estimate of drug-likeness (QED) is 0.878. The van der Waals surface area contributed by atoms with Crippen LogP contribution in [0.2, 0.25) is 5.02 Å². The standard InChI is InChI=1S/C15H20ClNO3/c1-15(2,10-11-5-4-6-12(16)9-11)14(20)17(3)8-7-13(18)19/h4-6,9H,7-8,10H2,1-3H3,(H,18,19). The Kier molecular flexibility index (Phi) is 5.57. The first-order chi connectivity index (χ1) is 9.22. The fraction of sp³-hybridized carbons (Fsp3) is 0.467. The van der Waals surface area contributed by atoms with Crippen molar-refractivity contribution >= 4 is 23.5 Å². The fourth-order valence-electron chi connectivity index (χ4n) is 2.11. The van der Waals surface area contributed by atoms with Gasteiger partial charge in [0.2, 0.25) is 5.91 Å². The summed E-state index contributed by atoms with van der Waals surface area (Å²) in [6.07, 6.45) is 0.513. The molecule has 0 aliphatic rings. The van der Waals surface area contributed by atoms with Crippen LogP contribution in [0.3, 0.4) is 0 Å². The largest absolute Gasteiger partial charge is 0.481 e. The van der Waals surface area contributed by atoms with E-state index in [0.29, 0.717) is 11.4 Å². The number of benzene rings is 1. The van der Waals surface area contributed by atoms with Crippen LogP contribution in [0.5, 0.6) is 0 Å². The van der Waals surface area contributed by atoms with Gasteiger partial charge in [-0.2, -0.15) is 0 Å². The number of rotatable bonds is 6. The Morgan fingerprint density at radius 2 is 2.00 bits per heavy atom. The van der Waals surface area contributed by atoms with Crippen LogP contribution < -0.4 is 0 Å². The molecule has 1 N–H and O–H groups in total. The van der Waals surface area contributed by atoms with E-state index in [2.05, 4.69) is 0 Å². The van der Waals surface area contributed by atoms with E-state index in [4.69, 9.17) is 16.7 Å². The Morgan fingerprint density at radius 1 is 1.35 bits per heavy atom.